The van der Waals surface area contributed by atoms with Crippen molar-refractivity contribution in [2.75, 3.05) is 7.11 Å². The summed E-state index contributed by atoms with van der Waals surface area (Å²) in [5, 5.41) is 0. The normalized spacial score (nSPS) is 11.2. The van der Waals surface area contributed by atoms with Crippen molar-refractivity contribution in [3.63, 3.8) is 0 Å². The van der Waals surface area contributed by atoms with Gasteiger partial charge in [0.15, 0.2) is 0 Å². The van der Waals surface area contributed by atoms with E-state index < -0.39 is 12.0 Å². The van der Waals surface area contributed by atoms with Crippen LogP contribution in [-0.2, 0) is 9.53 Å². The largest absolute Gasteiger partial charge is 0.468 e. The Labute approximate surface area is 66.9 Å². The maximum absolute atomic E-state index is 10.7. The van der Waals surface area contributed by atoms with Gasteiger partial charge in [-0.25, -0.2) is 0 Å². The maximum Gasteiger partial charge on any atom is 0.323 e. The fourth-order valence-corrected chi connectivity index (χ4v) is 0.542. The first-order chi connectivity index (χ1) is 5.22. The molecule has 0 aromatic carbocycles. The smallest absolute Gasteiger partial charge is 0.323 e. The second kappa shape index (κ2) is 5.75. The van der Waals surface area contributed by atoms with Crippen LogP contribution in [0.15, 0.2) is 0 Å². The molecule has 0 aliphatic heterocycles. The van der Waals surface area contributed by atoms with Gasteiger partial charge >= 0.3 is 5.97 Å². The molecule has 0 amide bonds. The van der Waals surface area contributed by atoms with E-state index in [2.05, 4.69) is 16.6 Å². The van der Waals surface area contributed by atoms with E-state index in [0.717, 1.165) is 6.42 Å². The van der Waals surface area contributed by atoms with Crippen molar-refractivity contribution < 1.29 is 9.53 Å². The number of ether oxygens (including phenoxy) is 1. The molecule has 0 aliphatic rings. The van der Waals surface area contributed by atoms with Gasteiger partial charge in [0.2, 0.25) is 0 Å². The van der Waals surface area contributed by atoms with Crippen molar-refractivity contribution in [3.05, 3.63) is 0 Å². The molecule has 0 fully saturated rings. The Morgan fingerprint density at radius 1 is 1.64 bits per heavy atom. The first-order valence-corrected chi connectivity index (χ1v) is 3.51. The van der Waals surface area contributed by atoms with Gasteiger partial charge in [-0.05, 0) is 0 Å². The molecule has 0 rings (SSSR count). The number of rotatable bonds is 2. The minimum Gasteiger partial charge on any atom is -0.468 e. The monoisotopic (exact) mass is 155 g/mol. The number of methoxy groups -OCH3 is 1. The van der Waals surface area contributed by atoms with Gasteiger partial charge in [-0.15, -0.1) is 11.8 Å². The summed E-state index contributed by atoms with van der Waals surface area (Å²) >= 11 is 0. The molecule has 0 spiro atoms. The highest BCUT2D eigenvalue weighted by molar-refractivity contribution is 5.75. The second-order valence-electron chi connectivity index (χ2n) is 2.04. The molecular weight excluding hydrogens is 142 g/mol. The minimum atomic E-state index is -0.598. The fourth-order valence-electron chi connectivity index (χ4n) is 0.542. The predicted molar refractivity (Wildman–Crippen MR) is 42.7 cm³/mol. The lowest BCUT2D eigenvalue weighted by Crippen LogP contribution is -2.30. The summed E-state index contributed by atoms with van der Waals surface area (Å²) < 4.78 is 4.41. The van der Waals surface area contributed by atoms with Crippen molar-refractivity contribution in [2.24, 2.45) is 5.73 Å². The molecule has 0 aromatic rings. The van der Waals surface area contributed by atoms with Crippen LogP contribution >= 0.6 is 0 Å². The van der Waals surface area contributed by atoms with Crippen LogP contribution < -0.4 is 5.73 Å². The summed E-state index contributed by atoms with van der Waals surface area (Å²) in [4.78, 5) is 10.7. The summed E-state index contributed by atoms with van der Waals surface area (Å²) in [6, 6.07) is -0.598. The van der Waals surface area contributed by atoms with Crippen molar-refractivity contribution in [1.29, 1.82) is 0 Å². The van der Waals surface area contributed by atoms with Gasteiger partial charge < -0.3 is 10.5 Å². The third-order valence-electron chi connectivity index (χ3n) is 1.13. The minimum absolute atomic E-state index is 0.376. The van der Waals surface area contributed by atoms with Gasteiger partial charge in [-0.1, -0.05) is 6.92 Å². The molecule has 0 saturated carbocycles. The van der Waals surface area contributed by atoms with E-state index in [-0.39, 0.29) is 0 Å². The Balaban J connectivity index is 3.68. The molecule has 0 saturated heterocycles. The first-order valence-electron chi connectivity index (χ1n) is 3.51. The summed E-state index contributed by atoms with van der Waals surface area (Å²) in [5.41, 5.74) is 5.39. The zero-order valence-corrected chi connectivity index (χ0v) is 6.89. The van der Waals surface area contributed by atoms with Gasteiger partial charge in [0.05, 0.1) is 7.11 Å². The third kappa shape index (κ3) is 4.40. The van der Waals surface area contributed by atoms with Crippen LogP contribution in [0.25, 0.3) is 0 Å². The zero-order chi connectivity index (χ0) is 8.69. The first kappa shape index (κ1) is 9.99. The summed E-state index contributed by atoms with van der Waals surface area (Å²) in [6.45, 7) is 1.94. The SMILES string of the molecule is CCC#CCC(N)C(=O)OC. The Morgan fingerprint density at radius 3 is 2.73 bits per heavy atom. The van der Waals surface area contributed by atoms with Gasteiger partial charge in [0.25, 0.3) is 0 Å². The second-order valence-corrected chi connectivity index (χ2v) is 2.04. The molecule has 3 nitrogen and oxygen atoms in total. The van der Waals surface area contributed by atoms with E-state index in [1.807, 2.05) is 6.92 Å². The maximum atomic E-state index is 10.7. The van der Waals surface area contributed by atoms with E-state index in [4.69, 9.17) is 5.73 Å². The molecule has 0 bridgehead atoms. The standard InChI is InChI=1S/C8H13NO2/c1-3-4-5-6-7(9)8(10)11-2/h7H,3,6,9H2,1-2H3. The van der Waals surface area contributed by atoms with Crippen LogP contribution in [0.1, 0.15) is 19.8 Å². The van der Waals surface area contributed by atoms with Crippen molar-refractivity contribution in [2.45, 2.75) is 25.8 Å². The molecule has 62 valence electrons. The third-order valence-corrected chi connectivity index (χ3v) is 1.13. The number of esters is 1. The van der Waals surface area contributed by atoms with Crippen LogP contribution in [0.5, 0.6) is 0 Å². The molecule has 1 atom stereocenters. The van der Waals surface area contributed by atoms with Gasteiger partial charge in [-0.3, -0.25) is 4.79 Å². The molecule has 11 heavy (non-hydrogen) atoms. The highest BCUT2D eigenvalue weighted by atomic mass is 16.5. The Bertz CT molecular complexity index is 178. The average molecular weight is 155 g/mol. The average Bonchev–Trinajstić information content (AvgIpc) is 2.03. The molecular formula is C8H13NO2. The van der Waals surface area contributed by atoms with Crippen LogP contribution in [-0.4, -0.2) is 19.1 Å². The van der Waals surface area contributed by atoms with E-state index in [0.29, 0.717) is 6.42 Å². The van der Waals surface area contributed by atoms with Gasteiger partial charge in [-0.2, -0.15) is 0 Å². The molecule has 1 unspecified atom stereocenters. The van der Waals surface area contributed by atoms with Crippen LogP contribution in [0.3, 0.4) is 0 Å². The quantitative estimate of drug-likeness (QED) is 0.460. The molecule has 0 heterocycles. The Morgan fingerprint density at radius 2 is 2.27 bits per heavy atom. The Kier molecular flexibility index (Phi) is 5.22. The van der Waals surface area contributed by atoms with E-state index in [1.54, 1.807) is 0 Å². The number of nitrogens with two attached hydrogens (primary N) is 1. The molecule has 2 N–H and O–H groups in total. The number of carbonyl (C=O) groups is 1. The van der Waals surface area contributed by atoms with E-state index in [1.165, 1.54) is 7.11 Å². The van der Waals surface area contributed by atoms with Gasteiger partial charge in [0.1, 0.15) is 6.04 Å². The van der Waals surface area contributed by atoms with Crippen molar-refractivity contribution in [1.82, 2.24) is 0 Å². The summed E-state index contributed by atoms with van der Waals surface area (Å²) in [5.74, 6) is 5.19. The highest BCUT2D eigenvalue weighted by Gasteiger charge is 2.10. The highest BCUT2D eigenvalue weighted by Crippen LogP contribution is 1.88. The van der Waals surface area contributed by atoms with E-state index >= 15 is 0 Å². The molecule has 0 aromatic heterocycles. The topological polar surface area (TPSA) is 52.3 Å². The Hall–Kier alpha value is -1.01. The van der Waals surface area contributed by atoms with Gasteiger partial charge in [0, 0.05) is 12.8 Å². The lowest BCUT2D eigenvalue weighted by molar-refractivity contribution is -0.142. The lowest BCUT2D eigenvalue weighted by Gasteiger charge is -2.03. The molecule has 0 aliphatic carbocycles. The number of hydrogen-bond donors (Lipinski definition) is 1. The van der Waals surface area contributed by atoms with E-state index in [9.17, 15) is 4.79 Å². The lowest BCUT2D eigenvalue weighted by atomic mass is 10.2. The van der Waals surface area contributed by atoms with Crippen LogP contribution in [0, 0.1) is 11.8 Å². The predicted octanol–water partition coefficient (Wildman–Crippen LogP) is 0.290. The molecule has 0 radical (unpaired) electrons. The summed E-state index contributed by atoms with van der Waals surface area (Å²) in [7, 11) is 1.31. The summed E-state index contributed by atoms with van der Waals surface area (Å²) in [6.07, 6.45) is 1.16. The van der Waals surface area contributed by atoms with Crippen LogP contribution in [0.2, 0.25) is 0 Å². The number of carbonyl (C=O) groups excluding carboxylic acids is 1. The number of hydrogen-bond acceptors (Lipinski definition) is 3. The van der Waals surface area contributed by atoms with Crippen molar-refractivity contribution in [3.8, 4) is 11.8 Å². The molecule has 3 heteroatoms. The zero-order valence-electron chi connectivity index (χ0n) is 6.89. The fraction of sp³-hybridized carbons (Fsp3) is 0.625. The van der Waals surface area contributed by atoms with Crippen molar-refractivity contribution >= 4 is 5.97 Å². The van der Waals surface area contributed by atoms with Crippen LogP contribution in [0.4, 0.5) is 0 Å².